The van der Waals surface area contributed by atoms with Crippen molar-refractivity contribution < 1.29 is 9.47 Å². The van der Waals surface area contributed by atoms with Gasteiger partial charge in [-0.05, 0) is 6.07 Å². The van der Waals surface area contributed by atoms with Crippen molar-refractivity contribution in [1.82, 2.24) is 9.97 Å². The fourth-order valence-electron chi connectivity index (χ4n) is 0.825. The highest BCUT2D eigenvalue weighted by atomic mass is 32.1. The van der Waals surface area contributed by atoms with Crippen molar-refractivity contribution in [3.63, 3.8) is 0 Å². The van der Waals surface area contributed by atoms with Crippen molar-refractivity contribution in [3.05, 3.63) is 22.7 Å². The van der Waals surface area contributed by atoms with Crippen LogP contribution in [-0.4, -0.2) is 24.2 Å². The minimum Gasteiger partial charge on any atom is -0.349 e. The van der Waals surface area contributed by atoms with E-state index in [0.29, 0.717) is 10.5 Å². The zero-order valence-electron chi connectivity index (χ0n) is 6.90. The monoisotopic (exact) mass is 186 g/mol. The smallest absolute Gasteiger partial charge is 0.216 e. The van der Waals surface area contributed by atoms with E-state index in [1.807, 2.05) is 0 Å². The van der Waals surface area contributed by atoms with Gasteiger partial charge in [0.05, 0.1) is 0 Å². The van der Waals surface area contributed by atoms with Crippen LogP contribution >= 0.6 is 12.2 Å². The lowest BCUT2D eigenvalue weighted by atomic mass is 10.5. The van der Waals surface area contributed by atoms with Crippen molar-refractivity contribution in [2.24, 2.45) is 0 Å². The third kappa shape index (κ3) is 2.10. The zero-order valence-corrected chi connectivity index (χ0v) is 7.72. The highest BCUT2D eigenvalue weighted by Crippen LogP contribution is 2.10. The highest BCUT2D eigenvalue weighted by molar-refractivity contribution is 7.71. The Morgan fingerprint density at radius 1 is 1.50 bits per heavy atom. The molecule has 0 unspecified atom stereocenters. The van der Waals surface area contributed by atoms with E-state index in [9.17, 15) is 0 Å². The number of nitrogens with zero attached hydrogens (tertiary/aromatic N) is 1. The molecule has 1 heterocycles. The van der Waals surface area contributed by atoms with E-state index in [-0.39, 0.29) is 0 Å². The first-order valence-corrected chi connectivity index (χ1v) is 3.79. The second-order valence-corrected chi connectivity index (χ2v) is 2.56. The predicted molar refractivity (Wildman–Crippen MR) is 46.2 cm³/mol. The summed E-state index contributed by atoms with van der Waals surface area (Å²) in [5, 5.41) is 0. The molecule has 0 radical (unpaired) electrons. The van der Waals surface area contributed by atoms with Gasteiger partial charge in [-0.3, -0.25) is 0 Å². The first kappa shape index (κ1) is 9.31. The van der Waals surface area contributed by atoms with Crippen LogP contribution in [0.2, 0.25) is 0 Å². The summed E-state index contributed by atoms with van der Waals surface area (Å²) in [4.78, 5) is 6.87. The van der Waals surface area contributed by atoms with Crippen molar-refractivity contribution in [2.75, 3.05) is 14.2 Å². The standard InChI is InChI=1S/C7H10N2O2S/c1-10-7(11-2)6-8-4-3-5(12)9-6/h3-4,7H,1-2H3,(H,8,9,12). The summed E-state index contributed by atoms with van der Waals surface area (Å²) in [5.74, 6) is 0.576. The summed E-state index contributed by atoms with van der Waals surface area (Å²) in [7, 11) is 3.08. The minimum atomic E-state index is -0.479. The highest BCUT2D eigenvalue weighted by Gasteiger charge is 2.09. The van der Waals surface area contributed by atoms with Crippen molar-refractivity contribution in [2.45, 2.75) is 6.29 Å². The third-order valence-corrected chi connectivity index (χ3v) is 1.58. The van der Waals surface area contributed by atoms with Crippen LogP contribution < -0.4 is 0 Å². The van der Waals surface area contributed by atoms with E-state index in [1.54, 1.807) is 26.5 Å². The fraction of sp³-hybridized carbons (Fsp3) is 0.429. The maximum atomic E-state index is 4.98. The fourth-order valence-corrected chi connectivity index (χ4v) is 0.990. The Bertz CT molecular complexity index is 295. The number of hydrogen-bond acceptors (Lipinski definition) is 4. The van der Waals surface area contributed by atoms with Crippen LogP contribution in [0.15, 0.2) is 12.3 Å². The molecule has 0 aliphatic rings. The predicted octanol–water partition coefficient (Wildman–Crippen LogP) is 1.43. The Hall–Kier alpha value is -0.780. The van der Waals surface area contributed by atoms with E-state index < -0.39 is 6.29 Å². The maximum absolute atomic E-state index is 4.98. The Labute approximate surface area is 75.6 Å². The molecule has 1 aromatic rings. The van der Waals surface area contributed by atoms with Crippen LogP contribution in [0.5, 0.6) is 0 Å². The summed E-state index contributed by atoms with van der Waals surface area (Å²) >= 11 is 4.91. The molecule has 1 rings (SSSR count). The topological polar surface area (TPSA) is 47.1 Å². The second-order valence-electron chi connectivity index (χ2n) is 2.12. The number of aromatic amines is 1. The molecule has 4 nitrogen and oxygen atoms in total. The average molecular weight is 186 g/mol. The van der Waals surface area contributed by atoms with Gasteiger partial charge in [0.25, 0.3) is 0 Å². The quantitative estimate of drug-likeness (QED) is 0.573. The van der Waals surface area contributed by atoms with Gasteiger partial charge in [-0.15, -0.1) is 0 Å². The number of ether oxygens (including phenoxy) is 2. The van der Waals surface area contributed by atoms with Crippen LogP contribution in [0.4, 0.5) is 0 Å². The second kappa shape index (κ2) is 4.30. The van der Waals surface area contributed by atoms with Gasteiger partial charge in [0.2, 0.25) is 6.29 Å². The largest absolute Gasteiger partial charge is 0.349 e. The SMILES string of the molecule is COC(OC)c1nccc(=S)[nH]1. The van der Waals surface area contributed by atoms with E-state index in [1.165, 1.54) is 0 Å². The summed E-state index contributed by atoms with van der Waals surface area (Å²) in [6.45, 7) is 0. The summed E-state index contributed by atoms with van der Waals surface area (Å²) < 4.78 is 10.6. The molecule has 0 saturated carbocycles. The van der Waals surface area contributed by atoms with Gasteiger partial charge in [0.1, 0.15) is 4.64 Å². The molecule has 0 atom stereocenters. The van der Waals surface area contributed by atoms with Gasteiger partial charge in [-0.25, -0.2) is 4.98 Å². The van der Waals surface area contributed by atoms with Crippen LogP contribution in [0, 0.1) is 4.64 Å². The van der Waals surface area contributed by atoms with Gasteiger partial charge in [-0.1, -0.05) is 12.2 Å². The number of hydrogen-bond donors (Lipinski definition) is 1. The first-order valence-electron chi connectivity index (χ1n) is 3.38. The van der Waals surface area contributed by atoms with Crippen LogP contribution in [0.1, 0.15) is 12.1 Å². The van der Waals surface area contributed by atoms with Gasteiger partial charge in [0.15, 0.2) is 5.82 Å². The van der Waals surface area contributed by atoms with E-state index in [0.717, 1.165) is 0 Å². The van der Waals surface area contributed by atoms with E-state index in [4.69, 9.17) is 21.7 Å². The summed E-state index contributed by atoms with van der Waals surface area (Å²) in [6, 6.07) is 1.70. The van der Waals surface area contributed by atoms with Crippen LogP contribution in [0.3, 0.4) is 0 Å². The van der Waals surface area contributed by atoms with Crippen LogP contribution in [0.25, 0.3) is 0 Å². The number of methoxy groups -OCH3 is 2. The number of H-pyrrole nitrogens is 1. The summed E-state index contributed by atoms with van der Waals surface area (Å²) in [5.41, 5.74) is 0. The molecule has 0 aromatic carbocycles. The molecule has 12 heavy (non-hydrogen) atoms. The Balaban J connectivity index is 2.93. The normalized spacial score (nSPS) is 10.6. The molecule has 0 spiro atoms. The van der Waals surface area contributed by atoms with E-state index >= 15 is 0 Å². The van der Waals surface area contributed by atoms with Gasteiger partial charge < -0.3 is 14.5 Å². The lowest BCUT2D eigenvalue weighted by Gasteiger charge is -2.11. The Kier molecular flexibility index (Phi) is 3.33. The molecule has 1 N–H and O–H groups in total. The molecule has 0 saturated heterocycles. The zero-order chi connectivity index (χ0) is 8.97. The van der Waals surface area contributed by atoms with Crippen molar-refractivity contribution in [3.8, 4) is 0 Å². The number of rotatable bonds is 3. The summed E-state index contributed by atoms with van der Waals surface area (Å²) in [6.07, 6.45) is 1.13. The Morgan fingerprint density at radius 3 is 2.67 bits per heavy atom. The average Bonchev–Trinajstić information content (AvgIpc) is 2.07. The molecule has 0 fully saturated rings. The van der Waals surface area contributed by atoms with Crippen molar-refractivity contribution in [1.29, 1.82) is 0 Å². The molecule has 0 aliphatic carbocycles. The lowest BCUT2D eigenvalue weighted by Crippen LogP contribution is -2.08. The van der Waals surface area contributed by atoms with Crippen LogP contribution in [-0.2, 0) is 9.47 Å². The molecular weight excluding hydrogens is 176 g/mol. The molecular formula is C7H10N2O2S. The molecule has 66 valence electrons. The molecule has 5 heteroatoms. The van der Waals surface area contributed by atoms with Gasteiger partial charge in [-0.2, -0.15) is 0 Å². The molecule has 0 bridgehead atoms. The Morgan fingerprint density at radius 2 is 2.17 bits per heavy atom. The van der Waals surface area contributed by atoms with Crippen molar-refractivity contribution >= 4 is 12.2 Å². The maximum Gasteiger partial charge on any atom is 0.216 e. The third-order valence-electron chi connectivity index (χ3n) is 1.34. The number of nitrogens with one attached hydrogen (secondary N) is 1. The molecule has 1 aromatic heterocycles. The van der Waals surface area contributed by atoms with E-state index in [2.05, 4.69) is 9.97 Å². The van der Waals surface area contributed by atoms with Gasteiger partial charge >= 0.3 is 0 Å². The molecule has 0 aliphatic heterocycles. The minimum absolute atomic E-state index is 0.479. The first-order chi connectivity index (χ1) is 5.77. The van der Waals surface area contributed by atoms with Gasteiger partial charge in [0, 0.05) is 20.4 Å². The lowest BCUT2D eigenvalue weighted by molar-refractivity contribution is -0.111. The number of aromatic nitrogens is 2. The molecule has 0 amide bonds.